The molecule has 0 radical (unpaired) electrons. The molecule has 1 saturated heterocycles. The van der Waals surface area contributed by atoms with Gasteiger partial charge >= 0.3 is 0 Å². The van der Waals surface area contributed by atoms with Crippen molar-refractivity contribution in [3.63, 3.8) is 0 Å². The monoisotopic (exact) mass is 161 g/mol. The standard InChI is InChI=1S/C11H15N/c1-8-4-3-5-10(6-8)11-7-12-9(11)2/h3-6,9,11-12H,7H2,1-2H3. The quantitative estimate of drug-likeness (QED) is 0.665. The third-order valence-electron chi connectivity index (χ3n) is 2.73. The van der Waals surface area contributed by atoms with Crippen LogP contribution in [0, 0.1) is 6.92 Å². The summed E-state index contributed by atoms with van der Waals surface area (Å²) in [4.78, 5) is 0. The molecular weight excluding hydrogens is 146 g/mol. The molecule has 1 aliphatic heterocycles. The van der Waals surface area contributed by atoms with E-state index < -0.39 is 0 Å². The van der Waals surface area contributed by atoms with Crippen LogP contribution in [0.15, 0.2) is 24.3 Å². The first-order valence-electron chi connectivity index (χ1n) is 4.57. The zero-order chi connectivity index (χ0) is 8.55. The van der Waals surface area contributed by atoms with Crippen LogP contribution in [0.3, 0.4) is 0 Å². The van der Waals surface area contributed by atoms with E-state index >= 15 is 0 Å². The number of rotatable bonds is 1. The van der Waals surface area contributed by atoms with E-state index in [2.05, 4.69) is 43.4 Å². The largest absolute Gasteiger partial charge is 0.313 e. The topological polar surface area (TPSA) is 12.0 Å². The van der Waals surface area contributed by atoms with Crippen molar-refractivity contribution < 1.29 is 0 Å². The van der Waals surface area contributed by atoms with Gasteiger partial charge in [0.25, 0.3) is 0 Å². The fourth-order valence-corrected chi connectivity index (χ4v) is 1.78. The summed E-state index contributed by atoms with van der Waals surface area (Å²) in [5.74, 6) is 0.741. The van der Waals surface area contributed by atoms with Crippen LogP contribution in [0.25, 0.3) is 0 Å². The van der Waals surface area contributed by atoms with Gasteiger partial charge in [0, 0.05) is 18.5 Å². The van der Waals surface area contributed by atoms with Crippen molar-refractivity contribution in [3.05, 3.63) is 35.4 Å². The van der Waals surface area contributed by atoms with Gasteiger partial charge in [0.2, 0.25) is 0 Å². The van der Waals surface area contributed by atoms with Crippen LogP contribution in [0.1, 0.15) is 24.0 Å². The van der Waals surface area contributed by atoms with Crippen molar-refractivity contribution in [3.8, 4) is 0 Å². The van der Waals surface area contributed by atoms with Crippen molar-refractivity contribution in [2.45, 2.75) is 25.8 Å². The molecule has 1 aromatic rings. The molecule has 0 saturated carbocycles. The van der Waals surface area contributed by atoms with Crippen molar-refractivity contribution >= 4 is 0 Å². The predicted molar refractivity (Wildman–Crippen MR) is 51.4 cm³/mol. The van der Waals surface area contributed by atoms with Crippen LogP contribution in [-0.4, -0.2) is 12.6 Å². The fraction of sp³-hybridized carbons (Fsp3) is 0.455. The first-order chi connectivity index (χ1) is 5.77. The van der Waals surface area contributed by atoms with Gasteiger partial charge in [-0.1, -0.05) is 29.8 Å². The minimum Gasteiger partial charge on any atom is -0.313 e. The summed E-state index contributed by atoms with van der Waals surface area (Å²) in [6.45, 7) is 5.54. The maximum Gasteiger partial charge on any atom is 0.0120 e. The van der Waals surface area contributed by atoms with E-state index in [-0.39, 0.29) is 0 Å². The normalized spacial score (nSPS) is 28.2. The van der Waals surface area contributed by atoms with Gasteiger partial charge in [-0.2, -0.15) is 0 Å². The number of aryl methyl sites for hydroxylation is 1. The second-order valence-electron chi connectivity index (χ2n) is 3.72. The van der Waals surface area contributed by atoms with Gasteiger partial charge in [-0.25, -0.2) is 0 Å². The van der Waals surface area contributed by atoms with E-state index in [1.807, 2.05) is 0 Å². The predicted octanol–water partition coefficient (Wildman–Crippen LogP) is 2.07. The molecule has 64 valence electrons. The molecule has 2 atom stereocenters. The van der Waals surface area contributed by atoms with Crippen LogP contribution in [-0.2, 0) is 0 Å². The van der Waals surface area contributed by atoms with Gasteiger partial charge in [0.15, 0.2) is 0 Å². The van der Waals surface area contributed by atoms with Crippen molar-refractivity contribution in [2.24, 2.45) is 0 Å². The fourth-order valence-electron chi connectivity index (χ4n) is 1.78. The zero-order valence-electron chi connectivity index (χ0n) is 7.67. The summed E-state index contributed by atoms with van der Waals surface area (Å²) in [7, 11) is 0. The average Bonchev–Trinajstić information content (AvgIpc) is 2.02. The zero-order valence-corrected chi connectivity index (χ0v) is 7.67. The first-order valence-corrected chi connectivity index (χ1v) is 4.57. The van der Waals surface area contributed by atoms with E-state index in [0.717, 1.165) is 12.5 Å². The second kappa shape index (κ2) is 2.91. The Hall–Kier alpha value is -0.820. The minimum absolute atomic E-state index is 0.659. The smallest absolute Gasteiger partial charge is 0.0120 e. The highest BCUT2D eigenvalue weighted by atomic mass is 15.0. The minimum atomic E-state index is 0.659. The second-order valence-corrected chi connectivity index (χ2v) is 3.72. The van der Waals surface area contributed by atoms with Crippen LogP contribution in [0.2, 0.25) is 0 Å². The lowest BCUT2D eigenvalue weighted by atomic mass is 9.85. The van der Waals surface area contributed by atoms with Gasteiger partial charge < -0.3 is 5.32 Å². The molecule has 0 aliphatic carbocycles. The summed E-state index contributed by atoms with van der Waals surface area (Å²) in [5.41, 5.74) is 2.85. The lowest BCUT2D eigenvalue weighted by Gasteiger charge is -2.36. The van der Waals surface area contributed by atoms with Gasteiger partial charge in [0.1, 0.15) is 0 Å². The van der Waals surface area contributed by atoms with Gasteiger partial charge in [-0.15, -0.1) is 0 Å². The van der Waals surface area contributed by atoms with Crippen LogP contribution >= 0.6 is 0 Å². The molecule has 1 heteroatoms. The molecule has 1 nitrogen and oxygen atoms in total. The summed E-state index contributed by atoms with van der Waals surface area (Å²) < 4.78 is 0. The highest BCUT2D eigenvalue weighted by molar-refractivity contribution is 5.28. The van der Waals surface area contributed by atoms with E-state index in [1.165, 1.54) is 11.1 Å². The molecule has 1 N–H and O–H groups in total. The highest BCUT2D eigenvalue weighted by Crippen LogP contribution is 2.25. The van der Waals surface area contributed by atoms with E-state index in [9.17, 15) is 0 Å². The Bertz CT molecular complexity index is 280. The molecule has 12 heavy (non-hydrogen) atoms. The Morgan fingerprint density at radius 1 is 1.42 bits per heavy atom. The van der Waals surface area contributed by atoms with Crippen molar-refractivity contribution in [1.29, 1.82) is 0 Å². The molecule has 1 heterocycles. The summed E-state index contributed by atoms with van der Waals surface area (Å²) in [6.07, 6.45) is 0. The number of hydrogen-bond donors (Lipinski definition) is 1. The lowest BCUT2D eigenvalue weighted by Crippen LogP contribution is -2.48. The maximum absolute atomic E-state index is 3.38. The van der Waals surface area contributed by atoms with Crippen molar-refractivity contribution in [1.82, 2.24) is 5.32 Å². The molecule has 2 rings (SSSR count). The third-order valence-corrected chi connectivity index (χ3v) is 2.73. The summed E-state index contributed by atoms with van der Waals surface area (Å²) in [5, 5.41) is 3.38. The summed E-state index contributed by atoms with van der Waals surface area (Å²) in [6, 6.07) is 9.49. The van der Waals surface area contributed by atoms with Crippen LogP contribution < -0.4 is 5.32 Å². The lowest BCUT2D eigenvalue weighted by molar-refractivity contribution is 0.334. The maximum atomic E-state index is 3.38. The SMILES string of the molecule is Cc1cccc(C2CNC2C)c1. The molecule has 0 aromatic heterocycles. The molecular formula is C11H15N. The Balaban J connectivity index is 2.22. The van der Waals surface area contributed by atoms with E-state index in [4.69, 9.17) is 0 Å². The Morgan fingerprint density at radius 2 is 2.25 bits per heavy atom. The Labute approximate surface area is 73.8 Å². The molecule has 1 fully saturated rings. The molecule has 1 aliphatic rings. The molecule has 0 spiro atoms. The molecule has 1 aromatic carbocycles. The van der Waals surface area contributed by atoms with Crippen LogP contribution in [0.5, 0.6) is 0 Å². The number of hydrogen-bond acceptors (Lipinski definition) is 1. The molecule has 0 bridgehead atoms. The van der Waals surface area contributed by atoms with Crippen molar-refractivity contribution in [2.75, 3.05) is 6.54 Å². The molecule has 2 unspecified atom stereocenters. The van der Waals surface area contributed by atoms with E-state index in [1.54, 1.807) is 0 Å². The number of benzene rings is 1. The van der Waals surface area contributed by atoms with Gasteiger partial charge in [-0.05, 0) is 19.4 Å². The Morgan fingerprint density at radius 3 is 2.75 bits per heavy atom. The summed E-state index contributed by atoms with van der Waals surface area (Å²) >= 11 is 0. The molecule has 0 amide bonds. The van der Waals surface area contributed by atoms with Gasteiger partial charge in [0.05, 0.1) is 0 Å². The van der Waals surface area contributed by atoms with Crippen LogP contribution in [0.4, 0.5) is 0 Å². The highest BCUT2D eigenvalue weighted by Gasteiger charge is 2.27. The van der Waals surface area contributed by atoms with Gasteiger partial charge in [-0.3, -0.25) is 0 Å². The average molecular weight is 161 g/mol. The first kappa shape index (κ1) is 7.81. The van der Waals surface area contributed by atoms with E-state index in [0.29, 0.717) is 6.04 Å². The Kier molecular flexibility index (Phi) is 1.89. The number of nitrogens with one attached hydrogen (secondary N) is 1. The third kappa shape index (κ3) is 1.25.